The summed E-state index contributed by atoms with van der Waals surface area (Å²) >= 11 is 1.44. The fraction of sp³-hybridized carbons (Fsp3) is 0.348. The average Bonchev–Trinajstić information content (AvgIpc) is 3.64. The lowest BCUT2D eigenvalue weighted by atomic mass is 10.2. The van der Waals surface area contributed by atoms with Gasteiger partial charge in [0, 0.05) is 63.6 Å². The van der Waals surface area contributed by atoms with E-state index in [0.29, 0.717) is 34.2 Å². The molecule has 0 unspecified atom stereocenters. The van der Waals surface area contributed by atoms with Gasteiger partial charge in [-0.1, -0.05) is 0 Å². The van der Waals surface area contributed by atoms with Gasteiger partial charge in [-0.15, -0.1) is 16.4 Å². The van der Waals surface area contributed by atoms with Gasteiger partial charge in [0.15, 0.2) is 16.3 Å². The molecule has 1 fully saturated rings. The van der Waals surface area contributed by atoms with Gasteiger partial charge in [0.2, 0.25) is 11.8 Å². The number of fused-ring (bicyclic) bond motifs is 3. The number of benzene rings is 1. The SMILES string of the molecule is COc1ccc(N2CCN(CCn3c(=O)n(C)c4c3nc(N)n3nc(-c5nccs5)nc43)CC2)cc1. The van der Waals surface area contributed by atoms with Gasteiger partial charge in [-0.3, -0.25) is 14.0 Å². The number of hydrogen-bond donors (Lipinski definition) is 1. The molecule has 1 aromatic carbocycles. The summed E-state index contributed by atoms with van der Waals surface area (Å²) in [6.45, 7) is 4.90. The molecule has 1 aliphatic rings. The molecule has 0 radical (unpaired) electrons. The van der Waals surface area contributed by atoms with E-state index in [2.05, 4.69) is 42.0 Å². The number of ether oxygens (including phenoxy) is 1. The largest absolute Gasteiger partial charge is 0.497 e. The predicted molar refractivity (Wildman–Crippen MR) is 139 cm³/mol. The Balaban J connectivity index is 1.22. The number of hydrogen-bond acceptors (Lipinski definition) is 10. The zero-order valence-electron chi connectivity index (χ0n) is 20.0. The van der Waals surface area contributed by atoms with Gasteiger partial charge in [0.1, 0.15) is 11.3 Å². The fourth-order valence-corrected chi connectivity index (χ4v) is 5.24. The van der Waals surface area contributed by atoms with Gasteiger partial charge in [-0.2, -0.15) is 9.50 Å². The summed E-state index contributed by atoms with van der Waals surface area (Å²) in [5.41, 5.74) is 8.88. The van der Waals surface area contributed by atoms with E-state index in [1.165, 1.54) is 21.5 Å². The van der Waals surface area contributed by atoms with E-state index < -0.39 is 0 Å². The predicted octanol–water partition coefficient (Wildman–Crippen LogP) is 1.31. The quantitative estimate of drug-likeness (QED) is 0.363. The summed E-state index contributed by atoms with van der Waals surface area (Å²) < 4.78 is 9.98. The van der Waals surface area contributed by atoms with Crippen LogP contribution in [-0.2, 0) is 13.6 Å². The highest BCUT2D eigenvalue weighted by molar-refractivity contribution is 7.13. The minimum absolute atomic E-state index is 0.152. The first-order chi connectivity index (χ1) is 17.5. The Bertz CT molecular complexity index is 1580. The third kappa shape index (κ3) is 3.76. The number of nitrogens with two attached hydrogens (primary N) is 1. The maximum atomic E-state index is 13.2. The summed E-state index contributed by atoms with van der Waals surface area (Å²) in [5.74, 6) is 1.50. The number of aromatic nitrogens is 7. The maximum absolute atomic E-state index is 13.2. The summed E-state index contributed by atoms with van der Waals surface area (Å²) in [6, 6.07) is 8.15. The maximum Gasteiger partial charge on any atom is 0.330 e. The van der Waals surface area contributed by atoms with Crippen molar-refractivity contribution in [3.8, 4) is 16.6 Å². The second kappa shape index (κ2) is 8.91. The fourth-order valence-electron chi connectivity index (χ4n) is 4.68. The van der Waals surface area contributed by atoms with Crippen molar-refractivity contribution in [3.05, 3.63) is 46.3 Å². The molecule has 13 heteroatoms. The lowest BCUT2D eigenvalue weighted by Crippen LogP contribution is -2.47. The Morgan fingerprint density at radius 2 is 1.83 bits per heavy atom. The van der Waals surface area contributed by atoms with Gasteiger partial charge < -0.3 is 15.4 Å². The van der Waals surface area contributed by atoms with Gasteiger partial charge in [0.05, 0.1) is 7.11 Å². The third-order valence-corrected chi connectivity index (χ3v) is 7.42. The Morgan fingerprint density at radius 3 is 2.53 bits per heavy atom. The molecule has 5 aromatic rings. The number of anilines is 2. The van der Waals surface area contributed by atoms with Crippen LogP contribution < -0.4 is 21.1 Å². The zero-order valence-corrected chi connectivity index (χ0v) is 20.9. The van der Waals surface area contributed by atoms with Crippen LogP contribution in [0.25, 0.3) is 27.6 Å². The number of thiazole rings is 1. The molecule has 0 bridgehead atoms. The van der Waals surface area contributed by atoms with Crippen LogP contribution in [-0.4, -0.2) is 78.4 Å². The van der Waals surface area contributed by atoms with E-state index in [-0.39, 0.29) is 11.6 Å². The van der Waals surface area contributed by atoms with Crippen molar-refractivity contribution >= 4 is 39.8 Å². The van der Waals surface area contributed by atoms with Crippen molar-refractivity contribution in [1.82, 2.24) is 38.6 Å². The van der Waals surface area contributed by atoms with Crippen LogP contribution in [0.3, 0.4) is 0 Å². The number of aryl methyl sites for hydroxylation is 1. The molecule has 4 aromatic heterocycles. The highest BCUT2D eigenvalue weighted by atomic mass is 32.1. The van der Waals surface area contributed by atoms with Crippen LogP contribution in [0, 0.1) is 0 Å². The van der Waals surface area contributed by atoms with E-state index in [0.717, 1.165) is 38.5 Å². The van der Waals surface area contributed by atoms with Gasteiger partial charge >= 0.3 is 5.69 Å². The number of piperazine rings is 1. The van der Waals surface area contributed by atoms with Crippen molar-refractivity contribution in [2.24, 2.45) is 7.05 Å². The average molecular weight is 507 g/mol. The van der Waals surface area contributed by atoms with Crippen molar-refractivity contribution < 1.29 is 4.74 Å². The molecule has 0 amide bonds. The molecule has 12 nitrogen and oxygen atoms in total. The molecule has 0 saturated carbocycles. The Labute approximate surface area is 210 Å². The molecule has 0 spiro atoms. The molecule has 1 saturated heterocycles. The van der Waals surface area contributed by atoms with Crippen LogP contribution in [0.2, 0.25) is 0 Å². The summed E-state index contributed by atoms with van der Waals surface area (Å²) in [4.78, 5) is 31.4. The molecular formula is C23H26N10O2S. The van der Waals surface area contributed by atoms with Crippen molar-refractivity contribution in [3.63, 3.8) is 0 Å². The van der Waals surface area contributed by atoms with E-state index in [1.807, 2.05) is 17.5 Å². The molecule has 2 N–H and O–H groups in total. The topological polar surface area (TPSA) is 125 Å². The standard InChI is InChI=1S/C23H26N10O2S/c1-29-17-19(27-22(24)33-20(17)26-18(28-33)21-25-7-14-36-21)32(23(29)34)13-10-30-8-11-31(12-9-30)15-3-5-16(35-2)6-4-15/h3-7,14H,8-13H2,1-2H3,(H2,24,27). The molecule has 1 aliphatic heterocycles. The molecule has 6 rings (SSSR count). The molecular weight excluding hydrogens is 480 g/mol. The van der Waals surface area contributed by atoms with E-state index in [9.17, 15) is 4.79 Å². The Morgan fingerprint density at radius 1 is 1.06 bits per heavy atom. The summed E-state index contributed by atoms with van der Waals surface area (Å²) in [6.07, 6.45) is 1.70. The Hall–Kier alpha value is -3.97. The summed E-state index contributed by atoms with van der Waals surface area (Å²) in [5, 5.41) is 7.01. The molecule has 5 heterocycles. The van der Waals surface area contributed by atoms with Gasteiger partial charge in [-0.25, -0.2) is 14.8 Å². The Kier molecular flexibility index (Phi) is 5.57. The molecule has 0 atom stereocenters. The highest BCUT2D eigenvalue weighted by Gasteiger charge is 2.23. The van der Waals surface area contributed by atoms with Crippen LogP contribution in [0.5, 0.6) is 5.75 Å². The lowest BCUT2D eigenvalue weighted by Gasteiger charge is -2.36. The van der Waals surface area contributed by atoms with Crippen molar-refractivity contribution in [2.45, 2.75) is 6.54 Å². The normalized spacial score (nSPS) is 14.8. The minimum atomic E-state index is -0.152. The van der Waals surface area contributed by atoms with Gasteiger partial charge in [-0.05, 0) is 24.3 Å². The number of nitrogens with zero attached hydrogens (tertiary/aromatic N) is 9. The molecule has 0 aliphatic carbocycles. The number of methoxy groups -OCH3 is 1. The number of imidazole rings is 1. The van der Waals surface area contributed by atoms with Crippen molar-refractivity contribution in [1.29, 1.82) is 0 Å². The van der Waals surface area contributed by atoms with Crippen LogP contribution in [0.1, 0.15) is 0 Å². The second-order valence-electron chi connectivity index (χ2n) is 8.67. The lowest BCUT2D eigenvalue weighted by molar-refractivity contribution is 0.248. The van der Waals surface area contributed by atoms with Crippen LogP contribution in [0.15, 0.2) is 40.6 Å². The number of rotatable bonds is 6. The third-order valence-electron chi connectivity index (χ3n) is 6.65. The number of nitrogen functional groups attached to an aromatic ring is 1. The highest BCUT2D eigenvalue weighted by Crippen LogP contribution is 2.24. The monoisotopic (exact) mass is 506 g/mol. The second-order valence-corrected chi connectivity index (χ2v) is 9.56. The van der Waals surface area contributed by atoms with Gasteiger partial charge in [0.25, 0.3) is 0 Å². The van der Waals surface area contributed by atoms with E-state index >= 15 is 0 Å². The first-order valence-corrected chi connectivity index (χ1v) is 12.5. The van der Waals surface area contributed by atoms with Crippen LogP contribution >= 0.6 is 11.3 Å². The van der Waals surface area contributed by atoms with E-state index in [1.54, 1.807) is 29.5 Å². The first-order valence-electron chi connectivity index (χ1n) is 11.7. The first kappa shape index (κ1) is 22.5. The summed E-state index contributed by atoms with van der Waals surface area (Å²) in [7, 11) is 3.40. The molecule has 36 heavy (non-hydrogen) atoms. The van der Waals surface area contributed by atoms with Crippen LogP contribution in [0.4, 0.5) is 11.6 Å². The smallest absolute Gasteiger partial charge is 0.330 e. The van der Waals surface area contributed by atoms with E-state index in [4.69, 9.17) is 10.5 Å². The zero-order chi connectivity index (χ0) is 24.8. The molecule has 186 valence electrons. The minimum Gasteiger partial charge on any atom is -0.497 e. The van der Waals surface area contributed by atoms with Crippen molar-refractivity contribution in [2.75, 3.05) is 50.5 Å².